The van der Waals surface area contributed by atoms with Gasteiger partial charge in [0.2, 0.25) is 5.91 Å². The topological polar surface area (TPSA) is 58.2 Å². The Morgan fingerprint density at radius 3 is 2.30 bits per heavy atom. The summed E-state index contributed by atoms with van der Waals surface area (Å²) < 4.78 is 0. The number of hydrogen-bond donors (Lipinski definition) is 2. The molecule has 0 radical (unpaired) electrons. The van der Waals surface area contributed by atoms with Gasteiger partial charge in [-0.3, -0.25) is 14.9 Å². The Hall–Kier alpha value is -2.46. The van der Waals surface area contributed by atoms with E-state index in [0.717, 1.165) is 5.56 Å². The molecule has 2 aromatic rings. The maximum Gasteiger partial charge on any atom is 0.241 e. The highest BCUT2D eigenvalue weighted by Crippen LogP contribution is 2.14. The molecule has 2 unspecified atom stereocenters. The van der Waals surface area contributed by atoms with Crippen LogP contribution in [0.4, 0.5) is 5.69 Å². The summed E-state index contributed by atoms with van der Waals surface area (Å²) in [5.41, 5.74) is 2.34. The van der Waals surface area contributed by atoms with Gasteiger partial charge in [0.05, 0.1) is 6.04 Å². The van der Waals surface area contributed by atoms with Gasteiger partial charge in [0.25, 0.3) is 0 Å². The summed E-state index contributed by atoms with van der Waals surface area (Å²) in [6.07, 6.45) is 0. The van der Waals surface area contributed by atoms with Gasteiger partial charge >= 0.3 is 0 Å². The summed E-state index contributed by atoms with van der Waals surface area (Å²) in [6.45, 7) is 5.35. The van der Waals surface area contributed by atoms with Crippen LogP contribution in [0.1, 0.15) is 42.7 Å². The Morgan fingerprint density at radius 2 is 1.65 bits per heavy atom. The minimum Gasteiger partial charge on any atom is -0.325 e. The normalized spacial score (nSPS) is 13.2. The number of rotatable bonds is 6. The van der Waals surface area contributed by atoms with E-state index in [4.69, 9.17) is 0 Å². The van der Waals surface area contributed by atoms with Crippen molar-refractivity contribution < 1.29 is 9.59 Å². The Bertz CT molecular complexity index is 683. The molecule has 0 bridgehead atoms. The van der Waals surface area contributed by atoms with E-state index in [0.29, 0.717) is 11.3 Å². The minimum atomic E-state index is -0.355. The predicted molar refractivity (Wildman–Crippen MR) is 92.5 cm³/mol. The molecule has 0 aromatic heterocycles. The first-order valence-corrected chi connectivity index (χ1v) is 7.70. The molecule has 0 spiro atoms. The zero-order valence-corrected chi connectivity index (χ0v) is 13.7. The van der Waals surface area contributed by atoms with Crippen molar-refractivity contribution in [1.29, 1.82) is 0 Å². The smallest absolute Gasteiger partial charge is 0.241 e. The van der Waals surface area contributed by atoms with E-state index in [1.54, 1.807) is 24.3 Å². The lowest BCUT2D eigenvalue weighted by molar-refractivity contribution is -0.117. The van der Waals surface area contributed by atoms with Crippen LogP contribution in [0.3, 0.4) is 0 Å². The van der Waals surface area contributed by atoms with Gasteiger partial charge in [0, 0.05) is 17.3 Å². The second-order valence-corrected chi connectivity index (χ2v) is 5.65. The highest BCUT2D eigenvalue weighted by molar-refractivity contribution is 5.98. The van der Waals surface area contributed by atoms with E-state index >= 15 is 0 Å². The molecule has 2 atom stereocenters. The van der Waals surface area contributed by atoms with Crippen LogP contribution < -0.4 is 10.6 Å². The second kappa shape index (κ2) is 7.70. The van der Waals surface area contributed by atoms with E-state index in [1.807, 2.05) is 44.2 Å². The molecule has 0 fully saturated rings. The van der Waals surface area contributed by atoms with Gasteiger partial charge in [-0.05, 0) is 38.5 Å². The highest BCUT2D eigenvalue weighted by Gasteiger charge is 2.16. The molecule has 2 rings (SSSR count). The number of anilines is 1. The summed E-state index contributed by atoms with van der Waals surface area (Å²) in [4.78, 5) is 23.7. The number of carbonyl (C=O) groups excluding carboxylic acids is 2. The Morgan fingerprint density at radius 1 is 0.957 bits per heavy atom. The van der Waals surface area contributed by atoms with Gasteiger partial charge in [0.1, 0.15) is 0 Å². The molecule has 1 amide bonds. The van der Waals surface area contributed by atoms with Crippen LogP contribution in [0.15, 0.2) is 54.6 Å². The van der Waals surface area contributed by atoms with Crippen molar-refractivity contribution in [2.24, 2.45) is 0 Å². The van der Waals surface area contributed by atoms with Crippen molar-refractivity contribution in [3.8, 4) is 0 Å². The molecule has 2 aromatic carbocycles. The lowest BCUT2D eigenvalue weighted by Crippen LogP contribution is -2.39. The third kappa shape index (κ3) is 4.76. The first-order valence-electron chi connectivity index (χ1n) is 7.70. The van der Waals surface area contributed by atoms with Crippen LogP contribution >= 0.6 is 0 Å². The first-order chi connectivity index (χ1) is 11.0. The number of benzene rings is 2. The summed E-state index contributed by atoms with van der Waals surface area (Å²) >= 11 is 0. The van der Waals surface area contributed by atoms with Crippen LogP contribution in [-0.2, 0) is 4.79 Å². The van der Waals surface area contributed by atoms with E-state index in [2.05, 4.69) is 10.6 Å². The third-order valence-corrected chi connectivity index (χ3v) is 3.73. The zero-order valence-electron chi connectivity index (χ0n) is 13.7. The molecule has 120 valence electrons. The molecule has 4 heteroatoms. The quantitative estimate of drug-likeness (QED) is 0.802. The van der Waals surface area contributed by atoms with Crippen molar-refractivity contribution in [2.45, 2.75) is 32.9 Å². The number of ketones is 1. The fraction of sp³-hybridized carbons (Fsp3) is 0.263. The summed E-state index contributed by atoms with van der Waals surface area (Å²) in [7, 11) is 0. The fourth-order valence-electron chi connectivity index (χ4n) is 2.36. The lowest BCUT2D eigenvalue weighted by atomic mass is 10.1. The number of carbonyl (C=O) groups is 2. The van der Waals surface area contributed by atoms with Crippen molar-refractivity contribution in [3.05, 3.63) is 65.7 Å². The molecule has 0 aliphatic rings. The van der Waals surface area contributed by atoms with Gasteiger partial charge in [0.15, 0.2) is 5.78 Å². The molecular formula is C19H22N2O2. The summed E-state index contributed by atoms with van der Waals surface area (Å²) in [6, 6.07) is 16.6. The maximum absolute atomic E-state index is 12.3. The molecular weight excluding hydrogens is 288 g/mol. The number of Topliss-reactive ketones (excluding diaryl/α,β-unsaturated/α-hetero) is 1. The lowest BCUT2D eigenvalue weighted by Gasteiger charge is -2.20. The molecule has 2 N–H and O–H groups in total. The van der Waals surface area contributed by atoms with E-state index in [-0.39, 0.29) is 23.8 Å². The SMILES string of the molecule is CC(=O)c1cccc(NC(=O)C(C)NC(C)c2ccccc2)c1. The number of nitrogens with one attached hydrogen (secondary N) is 2. The average Bonchev–Trinajstić information content (AvgIpc) is 2.55. The minimum absolute atomic E-state index is 0.0232. The molecule has 4 nitrogen and oxygen atoms in total. The van der Waals surface area contributed by atoms with Crippen LogP contribution in [-0.4, -0.2) is 17.7 Å². The highest BCUT2D eigenvalue weighted by atomic mass is 16.2. The Kier molecular flexibility index (Phi) is 5.66. The van der Waals surface area contributed by atoms with Gasteiger partial charge in [-0.25, -0.2) is 0 Å². The van der Waals surface area contributed by atoms with Gasteiger partial charge in [-0.1, -0.05) is 42.5 Å². The van der Waals surface area contributed by atoms with Crippen LogP contribution in [0.2, 0.25) is 0 Å². The molecule has 0 saturated heterocycles. The molecule has 0 aliphatic carbocycles. The second-order valence-electron chi connectivity index (χ2n) is 5.65. The van der Waals surface area contributed by atoms with Crippen LogP contribution in [0, 0.1) is 0 Å². The van der Waals surface area contributed by atoms with Crippen molar-refractivity contribution in [1.82, 2.24) is 5.32 Å². The molecule has 0 saturated carbocycles. The third-order valence-electron chi connectivity index (χ3n) is 3.73. The molecule has 23 heavy (non-hydrogen) atoms. The van der Waals surface area contributed by atoms with Crippen molar-refractivity contribution in [2.75, 3.05) is 5.32 Å². The van der Waals surface area contributed by atoms with Crippen LogP contribution in [0.25, 0.3) is 0 Å². The van der Waals surface area contributed by atoms with E-state index in [1.165, 1.54) is 6.92 Å². The van der Waals surface area contributed by atoms with Crippen molar-refractivity contribution >= 4 is 17.4 Å². The van der Waals surface area contributed by atoms with Crippen molar-refractivity contribution in [3.63, 3.8) is 0 Å². The average molecular weight is 310 g/mol. The van der Waals surface area contributed by atoms with Crippen LogP contribution in [0.5, 0.6) is 0 Å². The fourth-order valence-corrected chi connectivity index (χ4v) is 2.36. The molecule has 0 heterocycles. The Labute approximate surface area is 136 Å². The van der Waals surface area contributed by atoms with Gasteiger partial charge < -0.3 is 5.32 Å². The zero-order chi connectivity index (χ0) is 16.8. The Balaban J connectivity index is 1.97. The number of amides is 1. The first kappa shape index (κ1) is 16.9. The van der Waals surface area contributed by atoms with Gasteiger partial charge in [-0.15, -0.1) is 0 Å². The predicted octanol–water partition coefficient (Wildman–Crippen LogP) is 3.57. The van der Waals surface area contributed by atoms with E-state index < -0.39 is 0 Å². The monoisotopic (exact) mass is 310 g/mol. The summed E-state index contributed by atoms with van der Waals surface area (Å²) in [5.74, 6) is -0.154. The standard InChI is InChI=1S/C19H22N2O2/c1-13(16-8-5-4-6-9-16)20-14(2)19(23)21-18-11-7-10-17(12-18)15(3)22/h4-14,20H,1-3H3,(H,21,23). The largest absolute Gasteiger partial charge is 0.325 e. The molecule has 0 aliphatic heterocycles. The summed E-state index contributed by atoms with van der Waals surface area (Å²) in [5, 5.41) is 6.11. The van der Waals surface area contributed by atoms with Gasteiger partial charge in [-0.2, -0.15) is 0 Å². The number of hydrogen-bond acceptors (Lipinski definition) is 3. The van der Waals surface area contributed by atoms with E-state index in [9.17, 15) is 9.59 Å². The maximum atomic E-state index is 12.3.